The van der Waals surface area contributed by atoms with E-state index in [4.69, 9.17) is 21.4 Å². The molecule has 0 spiro atoms. The van der Waals surface area contributed by atoms with Gasteiger partial charge >= 0.3 is 5.97 Å². The van der Waals surface area contributed by atoms with Crippen LogP contribution in [0.2, 0.25) is 5.02 Å². The van der Waals surface area contributed by atoms with Gasteiger partial charge in [0.1, 0.15) is 11.8 Å². The Balaban J connectivity index is 2.35. The second-order valence-corrected chi connectivity index (χ2v) is 4.98. The zero-order valence-electron chi connectivity index (χ0n) is 10.7. The zero-order chi connectivity index (χ0) is 14.9. The number of methoxy groups -OCH3 is 1. The average molecular weight is 300 g/mol. The lowest BCUT2D eigenvalue weighted by atomic mass is 10.1. The molecule has 2 atom stereocenters. The summed E-state index contributed by atoms with van der Waals surface area (Å²) < 4.78 is 5.09. The number of hydrogen-bond acceptors (Lipinski definition) is 4. The maximum Gasteiger partial charge on any atom is 0.326 e. The van der Waals surface area contributed by atoms with Crippen molar-refractivity contribution in [3.05, 3.63) is 28.8 Å². The van der Waals surface area contributed by atoms with Crippen LogP contribution in [-0.2, 0) is 4.79 Å². The van der Waals surface area contributed by atoms with Crippen LogP contribution < -0.4 is 4.74 Å². The fourth-order valence-electron chi connectivity index (χ4n) is 2.27. The van der Waals surface area contributed by atoms with E-state index in [2.05, 4.69) is 0 Å². The molecule has 0 unspecified atom stereocenters. The van der Waals surface area contributed by atoms with E-state index < -0.39 is 24.0 Å². The number of aliphatic carboxylic acids is 1. The summed E-state index contributed by atoms with van der Waals surface area (Å²) in [5, 5.41) is 19.0. The minimum absolute atomic E-state index is 0.0178. The van der Waals surface area contributed by atoms with E-state index in [0.717, 1.165) is 4.90 Å². The highest BCUT2D eigenvalue weighted by molar-refractivity contribution is 6.31. The number of β-amino-alcohol motifs (C(OH)–C–C–N with tert-alkyl or cyclic N) is 1. The number of ether oxygens (including phenoxy) is 1. The SMILES string of the molecule is COc1ccc(Cl)cc1C(=O)N1C[C@@H](O)C[C@H]1C(=O)O. The molecule has 1 fully saturated rings. The summed E-state index contributed by atoms with van der Waals surface area (Å²) in [5.74, 6) is -1.35. The number of aliphatic hydroxyl groups is 1. The summed E-state index contributed by atoms with van der Waals surface area (Å²) in [6.07, 6.45) is -0.825. The molecule has 1 aromatic rings. The fraction of sp³-hybridized carbons (Fsp3) is 0.385. The second kappa shape index (κ2) is 5.68. The Morgan fingerprint density at radius 1 is 1.45 bits per heavy atom. The fourth-order valence-corrected chi connectivity index (χ4v) is 2.45. The molecule has 0 aromatic heterocycles. The van der Waals surface area contributed by atoms with Crippen molar-refractivity contribution in [2.45, 2.75) is 18.6 Å². The van der Waals surface area contributed by atoms with Gasteiger partial charge in [-0.05, 0) is 18.2 Å². The summed E-state index contributed by atoms with van der Waals surface area (Å²) >= 11 is 5.86. The van der Waals surface area contributed by atoms with Gasteiger partial charge in [-0.25, -0.2) is 4.79 Å². The highest BCUT2D eigenvalue weighted by Gasteiger charge is 2.39. The number of carbonyl (C=O) groups is 2. The van der Waals surface area contributed by atoms with Crippen LogP contribution in [0.25, 0.3) is 0 Å². The van der Waals surface area contributed by atoms with Crippen molar-refractivity contribution >= 4 is 23.5 Å². The van der Waals surface area contributed by atoms with E-state index in [1.807, 2.05) is 0 Å². The number of hydrogen-bond donors (Lipinski definition) is 2. The Morgan fingerprint density at radius 2 is 2.15 bits per heavy atom. The molecule has 2 N–H and O–H groups in total. The summed E-state index contributed by atoms with van der Waals surface area (Å²) in [6.45, 7) is -0.0224. The topological polar surface area (TPSA) is 87.1 Å². The molecule has 108 valence electrons. The molecular weight excluding hydrogens is 286 g/mol. The quantitative estimate of drug-likeness (QED) is 0.870. The Hall–Kier alpha value is -1.79. The number of aliphatic hydroxyl groups excluding tert-OH is 1. The molecule has 6 nitrogen and oxygen atoms in total. The van der Waals surface area contributed by atoms with Gasteiger partial charge in [0.2, 0.25) is 0 Å². The van der Waals surface area contributed by atoms with E-state index in [1.54, 1.807) is 6.07 Å². The number of carboxylic acid groups (broad SMARTS) is 1. The Morgan fingerprint density at radius 3 is 2.75 bits per heavy atom. The third kappa shape index (κ3) is 2.71. The van der Waals surface area contributed by atoms with Gasteiger partial charge < -0.3 is 19.8 Å². The number of rotatable bonds is 3. The highest BCUT2D eigenvalue weighted by atomic mass is 35.5. The predicted octanol–water partition coefficient (Wildman–Crippen LogP) is 1.01. The van der Waals surface area contributed by atoms with E-state index in [1.165, 1.54) is 19.2 Å². The molecule has 1 aliphatic rings. The van der Waals surface area contributed by atoms with Crippen LogP contribution in [0.3, 0.4) is 0 Å². The van der Waals surface area contributed by atoms with E-state index in [9.17, 15) is 14.7 Å². The molecular formula is C13H14ClNO5. The maximum absolute atomic E-state index is 12.5. The molecule has 1 amide bonds. The largest absolute Gasteiger partial charge is 0.496 e. The van der Waals surface area contributed by atoms with Crippen LogP contribution in [0.1, 0.15) is 16.8 Å². The summed E-state index contributed by atoms with van der Waals surface area (Å²) in [7, 11) is 1.41. The van der Waals surface area contributed by atoms with Crippen molar-refractivity contribution in [3.63, 3.8) is 0 Å². The lowest BCUT2D eigenvalue weighted by molar-refractivity contribution is -0.141. The molecule has 0 aliphatic carbocycles. The number of carboxylic acids is 1. The number of amides is 1. The molecule has 1 aromatic carbocycles. The van der Waals surface area contributed by atoms with Gasteiger partial charge in [-0.15, -0.1) is 0 Å². The minimum Gasteiger partial charge on any atom is -0.496 e. The van der Waals surface area contributed by atoms with Crippen molar-refractivity contribution in [2.75, 3.05) is 13.7 Å². The monoisotopic (exact) mass is 299 g/mol. The number of benzene rings is 1. The first-order valence-electron chi connectivity index (χ1n) is 5.99. The van der Waals surface area contributed by atoms with Crippen LogP contribution in [0.5, 0.6) is 5.75 Å². The van der Waals surface area contributed by atoms with Gasteiger partial charge in [-0.1, -0.05) is 11.6 Å². The van der Waals surface area contributed by atoms with Gasteiger partial charge in [0, 0.05) is 18.0 Å². The average Bonchev–Trinajstić information content (AvgIpc) is 2.80. The molecule has 7 heteroatoms. The first-order chi connectivity index (χ1) is 9.43. The van der Waals surface area contributed by atoms with E-state index in [0.29, 0.717) is 10.8 Å². The zero-order valence-corrected chi connectivity index (χ0v) is 11.5. The number of likely N-dealkylation sites (tertiary alicyclic amines) is 1. The summed E-state index contributed by atoms with van der Waals surface area (Å²) in [5.41, 5.74) is 0.181. The lowest BCUT2D eigenvalue weighted by Crippen LogP contribution is -2.40. The Labute approximate surface area is 120 Å². The number of nitrogens with zero attached hydrogens (tertiary/aromatic N) is 1. The normalized spacial score (nSPS) is 21.9. The van der Waals surface area contributed by atoms with Gasteiger partial charge in [-0.3, -0.25) is 4.79 Å². The van der Waals surface area contributed by atoms with Gasteiger partial charge in [0.25, 0.3) is 5.91 Å². The highest BCUT2D eigenvalue weighted by Crippen LogP contribution is 2.27. The van der Waals surface area contributed by atoms with Crippen LogP contribution in [0.15, 0.2) is 18.2 Å². The third-order valence-electron chi connectivity index (χ3n) is 3.22. The summed E-state index contributed by atoms with van der Waals surface area (Å²) in [4.78, 5) is 24.7. The molecule has 1 aliphatic heterocycles. The van der Waals surface area contributed by atoms with Gasteiger partial charge in [-0.2, -0.15) is 0 Å². The molecule has 1 saturated heterocycles. The van der Waals surface area contributed by atoms with Crippen LogP contribution in [0.4, 0.5) is 0 Å². The summed E-state index contributed by atoms with van der Waals surface area (Å²) in [6, 6.07) is 3.50. The molecule has 1 heterocycles. The number of carbonyl (C=O) groups excluding carboxylic acids is 1. The molecule has 0 saturated carbocycles. The lowest BCUT2D eigenvalue weighted by Gasteiger charge is -2.22. The smallest absolute Gasteiger partial charge is 0.326 e. The molecule has 20 heavy (non-hydrogen) atoms. The van der Waals surface area contributed by atoms with Gasteiger partial charge in [0.05, 0.1) is 18.8 Å². The predicted molar refractivity (Wildman–Crippen MR) is 71.1 cm³/mol. The van der Waals surface area contributed by atoms with E-state index in [-0.39, 0.29) is 18.5 Å². The standard InChI is InChI=1S/C13H14ClNO5/c1-20-11-3-2-7(14)4-9(11)12(17)15-6-8(16)5-10(15)13(18)19/h2-4,8,10,16H,5-6H2,1H3,(H,18,19)/t8-,10-/m0/s1. The Kier molecular flexibility index (Phi) is 4.15. The van der Waals surface area contributed by atoms with Crippen LogP contribution in [-0.4, -0.2) is 52.8 Å². The van der Waals surface area contributed by atoms with Crippen LogP contribution >= 0.6 is 11.6 Å². The second-order valence-electron chi connectivity index (χ2n) is 4.55. The van der Waals surface area contributed by atoms with Crippen LogP contribution in [0, 0.1) is 0 Å². The first kappa shape index (κ1) is 14.6. The Bertz CT molecular complexity index is 548. The third-order valence-corrected chi connectivity index (χ3v) is 3.45. The molecule has 2 rings (SSSR count). The van der Waals surface area contributed by atoms with Crippen molar-refractivity contribution in [3.8, 4) is 5.75 Å². The first-order valence-corrected chi connectivity index (χ1v) is 6.37. The molecule has 0 bridgehead atoms. The van der Waals surface area contributed by atoms with Crippen molar-refractivity contribution < 1.29 is 24.5 Å². The minimum atomic E-state index is -1.14. The maximum atomic E-state index is 12.5. The van der Waals surface area contributed by atoms with Crippen molar-refractivity contribution in [2.24, 2.45) is 0 Å². The number of halogens is 1. The van der Waals surface area contributed by atoms with Crippen molar-refractivity contribution in [1.29, 1.82) is 0 Å². The van der Waals surface area contributed by atoms with E-state index >= 15 is 0 Å². The molecule has 0 radical (unpaired) electrons. The van der Waals surface area contributed by atoms with Gasteiger partial charge in [0.15, 0.2) is 0 Å². The van der Waals surface area contributed by atoms with Crippen molar-refractivity contribution in [1.82, 2.24) is 4.90 Å².